The first kappa shape index (κ1) is 16.7. The molecule has 0 radical (unpaired) electrons. The number of benzene rings is 1. The lowest BCUT2D eigenvalue weighted by Gasteiger charge is -2.56. The van der Waals surface area contributed by atoms with Crippen LogP contribution in [-0.2, 0) is 14.3 Å². The molecule has 140 valence electrons. The van der Waals surface area contributed by atoms with Crippen LogP contribution in [0.4, 0.5) is 5.69 Å². The van der Waals surface area contributed by atoms with Crippen molar-refractivity contribution < 1.29 is 19.1 Å². The summed E-state index contributed by atoms with van der Waals surface area (Å²) >= 11 is 0. The summed E-state index contributed by atoms with van der Waals surface area (Å²) in [5.41, 5.74) is 0.709. The molecule has 4 saturated carbocycles. The van der Waals surface area contributed by atoms with Gasteiger partial charge in [0.15, 0.2) is 0 Å². The average molecular weight is 365 g/mol. The minimum atomic E-state index is -0.450. The van der Waals surface area contributed by atoms with Gasteiger partial charge in [-0.25, -0.2) is 9.69 Å². The van der Waals surface area contributed by atoms with Crippen molar-refractivity contribution in [2.75, 3.05) is 11.5 Å². The Bertz CT molecular complexity index is 802. The molecule has 27 heavy (non-hydrogen) atoms. The molecule has 0 N–H and O–H groups in total. The minimum absolute atomic E-state index is 0.139. The zero-order valence-corrected chi connectivity index (χ0v) is 15.2. The molecule has 1 heterocycles. The largest absolute Gasteiger partial charge is 0.461 e. The molecule has 4 bridgehead atoms. The molecule has 5 nitrogen and oxygen atoms in total. The third kappa shape index (κ3) is 2.80. The van der Waals surface area contributed by atoms with Gasteiger partial charge in [-0.2, -0.15) is 0 Å². The van der Waals surface area contributed by atoms with Crippen molar-refractivity contribution in [1.82, 2.24) is 0 Å². The number of amides is 2. The average Bonchev–Trinajstić information content (AvgIpc) is 2.97. The maximum absolute atomic E-state index is 12.8. The fourth-order valence-electron chi connectivity index (χ4n) is 6.24. The third-order valence-electron chi connectivity index (χ3n) is 6.85. The number of carbonyl (C=O) groups is 3. The number of hydrogen-bond donors (Lipinski definition) is 0. The summed E-state index contributed by atoms with van der Waals surface area (Å²) in [5, 5.41) is 0. The van der Waals surface area contributed by atoms with E-state index in [-0.39, 0.29) is 11.0 Å². The number of esters is 1. The van der Waals surface area contributed by atoms with Crippen LogP contribution in [0.25, 0.3) is 0 Å². The van der Waals surface area contributed by atoms with E-state index in [0.29, 0.717) is 12.3 Å². The number of ether oxygens (including phenoxy) is 1. The molecule has 0 saturated heterocycles. The Labute approximate surface area is 158 Å². The van der Waals surface area contributed by atoms with Crippen molar-refractivity contribution in [3.63, 3.8) is 0 Å². The van der Waals surface area contributed by atoms with E-state index in [1.807, 2.05) is 0 Å². The Balaban J connectivity index is 1.34. The molecule has 5 heteroatoms. The normalized spacial score (nSPS) is 33.8. The number of anilines is 1. The van der Waals surface area contributed by atoms with E-state index in [1.54, 1.807) is 24.3 Å². The lowest BCUT2D eigenvalue weighted by atomic mass is 9.50. The first-order valence-electron chi connectivity index (χ1n) is 9.85. The molecule has 0 unspecified atom stereocenters. The van der Waals surface area contributed by atoms with E-state index in [1.165, 1.54) is 50.7 Å². The highest BCUT2D eigenvalue weighted by Gasteiger charge is 2.51. The summed E-state index contributed by atoms with van der Waals surface area (Å²) < 4.78 is 5.78. The van der Waals surface area contributed by atoms with Crippen molar-refractivity contribution in [3.8, 4) is 0 Å². The monoisotopic (exact) mass is 365 g/mol. The number of rotatable bonds is 4. The smallest absolute Gasteiger partial charge is 0.340 e. The molecule has 1 aliphatic heterocycles. The van der Waals surface area contributed by atoms with Gasteiger partial charge in [0.2, 0.25) is 0 Å². The van der Waals surface area contributed by atoms with E-state index < -0.39 is 17.8 Å². The van der Waals surface area contributed by atoms with Gasteiger partial charge >= 0.3 is 5.97 Å². The molecule has 4 fully saturated rings. The van der Waals surface area contributed by atoms with Crippen LogP contribution in [0.5, 0.6) is 0 Å². The molecule has 5 aliphatic rings. The van der Waals surface area contributed by atoms with Gasteiger partial charge < -0.3 is 4.74 Å². The molecule has 4 aliphatic carbocycles. The van der Waals surface area contributed by atoms with Crippen molar-refractivity contribution in [2.24, 2.45) is 23.2 Å². The molecular formula is C22H23NO4. The zero-order valence-electron chi connectivity index (χ0n) is 15.2. The van der Waals surface area contributed by atoms with E-state index in [9.17, 15) is 14.4 Å². The standard InChI is InChI=1S/C22H23NO4/c24-19-5-6-20(25)23(19)18-4-2-1-3-17(18)21(26)27-13-22-10-14-7-15(11-22)9-16(8-14)12-22/h1-6,14-16H,7-13H2. The number of para-hydroxylation sites is 1. The number of carbonyl (C=O) groups excluding carboxylic acids is 3. The van der Waals surface area contributed by atoms with Crippen LogP contribution in [0.3, 0.4) is 0 Å². The molecule has 1 aromatic rings. The second-order valence-corrected chi connectivity index (χ2v) is 8.86. The van der Waals surface area contributed by atoms with Gasteiger partial charge in [-0.05, 0) is 68.4 Å². The summed E-state index contributed by atoms with van der Waals surface area (Å²) in [6, 6.07) is 6.67. The predicted molar refractivity (Wildman–Crippen MR) is 99.0 cm³/mol. The lowest BCUT2D eigenvalue weighted by molar-refractivity contribution is -0.119. The number of imide groups is 1. The van der Waals surface area contributed by atoms with Crippen molar-refractivity contribution >= 4 is 23.5 Å². The van der Waals surface area contributed by atoms with Gasteiger partial charge in [-0.1, -0.05) is 12.1 Å². The van der Waals surface area contributed by atoms with Crippen LogP contribution >= 0.6 is 0 Å². The zero-order chi connectivity index (χ0) is 18.6. The first-order chi connectivity index (χ1) is 13.0. The Morgan fingerprint density at radius 1 is 0.963 bits per heavy atom. The Hall–Kier alpha value is -2.43. The second kappa shape index (κ2) is 6.04. The molecule has 0 aromatic heterocycles. The van der Waals surface area contributed by atoms with Crippen molar-refractivity contribution in [2.45, 2.75) is 38.5 Å². The second-order valence-electron chi connectivity index (χ2n) is 8.86. The molecule has 2 amide bonds. The highest BCUT2D eigenvalue weighted by atomic mass is 16.5. The molecule has 1 aromatic carbocycles. The van der Waals surface area contributed by atoms with Crippen LogP contribution in [0.1, 0.15) is 48.9 Å². The van der Waals surface area contributed by atoms with Gasteiger partial charge in [0.1, 0.15) is 0 Å². The fourth-order valence-corrected chi connectivity index (χ4v) is 6.24. The summed E-state index contributed by atoms with van der Waals surface area (Å²) in [6.07, 6.45) is 10.00. The first-order valence-corrected chi connectivity index (χ1v) is 9.85. The van der Waals surface area contributed by atoms with Crippen LogP contribution in [-0.4, -0.2) is 24.4 Å². The van der Waals surface area contributed by atoms with Gasteiger partial charge in [-0.3, -0.25) is 9.59 Å². The Morgan fingerprint density at radius 2 is 1.52 bits per heavy atom. The maximum atomic E-state index is 12.8. The maximum Gasteiger partial charge on any atom is 0.340 e. The lowest BCUT2D eigenvalue weighted by Crippen LogP contribution is -2.48. The molecule has 0 atom stereocenters. The summed E-state index contributed by atoms with van der Waals surface area (Å²) in [6.45, 7) is 0.448. The van der Waals surface area contributed by atoms with Crippen LogP contribution in [0.15, 0.2) is 36.4 Å². The van der Waals surface area contributed by atoms with Crippen LogP contribution in [0, 0.1) is 23.2 Å². The topological polar surface area (TPSA) is 63.7 Å². The third-order valence-corrected chi connectivity index (χ3v) is 6.85. The van der Waals surface area contributed by atoms with Gasteiger partial charge in [0, 0.05) is 17.6 Å². The Morgan fingerprint density at radius 3 is 2.11 bits per heavy atom. The van der Waals surface area contributed by atoms with E-state index >= 15 is 0 Å². The molecular weight excluding hydrogens is 342 g/mol. The predicted octanol–water partition coefficient (Wildman–Crippen LogP) is 3.49. The summed E-state index contributed by atoms with van der Waals surface area (Å²) in [7, 11) is 0. The quantitative estimate of drug-likeness (QED) is 0.605. The molecule has 0 spiro atoms. The van der Waals surface area contributed by atoms with Crippen molar-refractivity contribution in [1.29, 1.82) is 0 Å². The van der Waals surface area contributed by atoms with Gasteiger partial charge in [0.05, 0.1) is 17.9 Å². The van der Waals surface area contributed by atoms with Crippen LogP contribution in [0.2, 0.25) is 0 Å². The van der Waals surface area contributed by atoms with E-state index in [0.717, 1.165) is 22.7 Å². The summed E-state index contributed by atoms with van der Waals surface area (Å²) in [4.78, 5) is 37.9. The molecule has 6 rings (SSSR count). The Kier molecular flexibility index (Phi) is 3.74. The SMILES string of the molecule is O=C(OCC12CC3CC(CC(C3)C1)C2)c1ccccc1N1C(=O)C=CC1=O. The summed E-state index contributed by atoms with van der Waals surface area (Å²) in [5.74, 6) is 1.09. The minimum Gasteiger partial charge on any atom is -0.461 e. The van der Waals surface area contributed by atoms with Gasteiger partial charge in [-0.15, -0.1) is 0 Å². The number of nitrogens with zero attached hydrogens (tertiary/aromatic N) is 1. The fraction of sp³-hybridized carbons (Fsp3) is 0.500. The van der Waals surface area contributed by atoms with Gasteiger partial charge in [0.25, 0.3) is 11.8 Å². The number of hydrogen-bond acceptors (Lipinski definition) is 4. The van der Waals surface area contributed by atoms with Crippen molar-refractivity contribution in [3.05, 3.63) is 42.0 Å². The highest BCUT2D eigenvalue weighted by molar-refractivity contribution is 6.29. The van der Waals surface area contributed by atoms with E-state index in [4.69, 9.17) is 4.74 Å². The van der Waals surface area contributed by atoms with E-state index in [2.05, 4.69) is 0 Å². The van der Waals surface area contributed by atoms with Crippen LogP contribution < -0.4 is 4.90 Å². The highest BCUT2D eigenvalue weighted by Crippen LogP contribution is 2.60.